The van der Waals surface area contributed by atoms with Crippen LogP contribution in [0.1, 0.15) is 76.0 Å². The molecule has 5 heteroatoms. The maximum absolute atomic E-state index is 14.5. The van der Waals surface area contributed by atoms with E-state index in [1.165, 1.54) is 38.0 Å². The van der Waals surface area contributed by atoms with Crippen LogP contribution in [0.15, 0.2) is 110 Å². The van der Waals surface area contributed by atoms with E-state index < -0.39 is 0 Å². The number of benzene rings is 5. The van der Waals surface area contributed by atoms with Gasteiger partial charge in [-0.05, 0) is 70.8 Å². The van der Waals surface area contributed by atoms with Crippen LogP contribution < -0.4 is 27.2 Å². The summed E-state index contributed by atoms with van der Waals surface area (Å²) in [5, 5.41) is 2.51. The Morgan fingerprint density at radius 3 is 1.85 bits per heavy atom. The lowest BCUT2D eigenvalue weighted by atomic mass is 9.34. The second kappa shape index (κ2) is 10.6. The maximum atomic E-state index is 14.5. The van der Waals surface area contributed by atoms with Crippen LogP contribution in [0, 0.1) is 0 Å². The van der Waals surface area contributed by atoms with Crippen molar-refractivity contribution < 1.29 is 0 Å². The number of hydrogen-bond donors (Lipinski definition) is 0. The molecule has 0 saturated carbocycles. The molecule has 0 amide bonds. The van der Waals surface area contributed by atoms with Crippen molar-refractivity contribution in [2.75, 3.05) is 0 Å². The molecule has 0 unspecified atom stereocenters. The van der Waals surface area contributed by atoms with Gasteiger partial charge in [0.2, 0.25) is 6.71 Å². The van der Waals surface area contributed by atoms with Crippen LogP contribution in [0.25, 0.3) is 38.1 Å². The Hall–Kier alpha value is -4.35. The second-order valence-corrected chi connectivity index (χ2v) is 14.9. The molecule has 0 aliphatic carbocycles. The predicted octanol–water partition coefficient (Wildman–Crippen LogP) is 7.91. The summed E-state index contributed by atoms with van der Waals surface area (Å²) in [6.07, 6.45) is 0. The Morgan fingerprint density at radius 2 is 1.17 bits per heavy atom. The molecular weight excluding hydrogens is 581 g/mol. The fourth-order valence-corrected chi connectivity index (χ4v) is 8.85. The Bertz CT molecular complexity index is 2460. The van der Waals surface area contributed by atoms with Crippen LogP contribution in [0.5, 0.6) is 0 Å². The fourth-order valence-electron chi connectivity index (χ4n) is 7.69. The first kappa shape index (κ1) is 29.1. The minimum Gasteiger partial charge on any atom is -0.307 e. The van der Waals surface area contributed by atoms with Crippen LogP contribution in [0.3, 0.4) is 0 Å². The normalized spacial score (nSPS) is 13.2. The Kier molecular flexibility index (Phi) is 6.70. The molecule has 3 heterocycles. The Balaban J connectivity index is 1.54. The van der Waals surface area contributed by atoms with Gasteiger partial charge in [0.1, 0.15) is 0 Å². The van der Waals surface area contributed by atoms with E-state index in [-0.39, 0.29) is 17.6 Å². The van der Waals surface area contributed by atoms with Crippen molar-refractivity contribution >= 4 is 73.0 Å². The van der Waals surface area contributed by atoms with Gasteiger partial charge < -0.3 is 4.40 Å². The lowest BCUT2D eigenvalue weighted by Crippen LogP contribution is -2.57. The molecule has 0 atom stereocenters. The van der Waals surface area contributed by atoms with Crippen molar-refractivity contribution in [1.29, 1.82) is 0 Å². The first-order valence-corrected chi connectivity index (χ1v) is 17.2. The molecule has 5 aromatic carbocycles. The molecule has 2 aromatic heterocycles. The summed E-state index contributed by atoms with van der Waals surface area (Å²) in [5.41, 5.74) is 10.3. The van der Waals surface area contributed by atoms with Crippen LogP contribution >= 0.6 is 11.8 Å². The lowest BCUT2D eigenvalue weighted by Gasteiger charge is -2.32. The summed E-state index contributed by atoms with van der Waals surface area (Å²) in [4.78, 5) is 30.5. The number of nitrogens with zero attached hydrogens (tertiary/aromatic N) is 1. The molecule has 0 bridgehead atoms. The Morgan fingerprint density at radius 1 is 0.565 bits per heavy atom. The molecule has 226 valence electrons. The SMILES string of the molecule is CC(C)c1cc(C(C)C)c(B2c3ccccc3Sc3cc4c(cc32)c(=O)c2cccc3c(=O)c5ccccc5n4c32)c(C(C)C)c1. The van der Waals surface area contributed by atoms with Crippen LogP contribution in [-0.4, -0.2) is 11.1 Å². The van der Waals surface area contributed by atoms with E-state index >= 15 is 0 Å². The van der Waals surface area contributed by atoms with Gasteiger partial charge in [-0.3, -0.25) is 9.59 Å². The van der Waals surface area contributed by atoms with Gasteiger partial charge in [-0.1, -0.05) is 124 Å². The van der Waals surface area contributed by atoms with E-state index in [1.807, 2.05) is 42.5 Å². The number of aromatic nitrogens is 1. The van der Waals surface area contributed by atoms with Gasteiger partial charge in [-0.15, -0.1) is 0 Å². The molecule has 0 N–H and O–H groups in total. The number of rotatable bonds is 4. The van der Waals surface area contributed by atoms with E-state index in [0.29, 0.717) is 44.8 Å². The van der Waals surface area contributed by atoms with Gasteiger partial charge in [-0.25, -0.2) is 0 Å². The third-order valence-electron chi connectivity index (χ3n) is 9.98. The van der Waals surface area contributed by atoms with Gasteiger partial charge in [0, 0.05) is 31.3 Å². The van der Waals surface area contributed by atoms with Gasteiger partial charge in [0.15, 0.2) is 10.9 Å². The molecule has 1 aliphatic rings. The van der Waals surface area contributed by atoms with Crippen molar-refractivity contribution in [2.24, 2.45) is 0 Å². The molecule has 0 spiro atoms. The van der Waals surface area contributed by atoms with Crippen LogP contribution in [-0.2, 0) is 0 Å². The average molecular weight is 618 g/mol. The van der Waals surface area contributed by atoms with Crippen LogP contribution in [0.2, 0.25) is 0 Å². The summed E-state index contributed by atoms with van der Waals surface area (Å²) in [5.74, 6) is 1.10. The summed E-state index contributed by atoms with van der Waals surface area (Å²) in [6, 6.07) is 31.4. The summed E-state index contributed by atoms with van der Waals surface area (Å²) >= 11 is 1.78. The zero-order valence-corrected chi connectivity index (χ0v) is 28.0. The zero-order chi connectivity index (χ0) is 32.0. The quantitative estimate of drug-likeness (QED) is 0.115. The zero-order valence-electron chi connectivity index (χ0n) is 27.1. The standard InChI is InChI=1S/C41H36BNO2S/c1-22(2)25-18-29(23(3)4)38(30(19-25)24(5)6)42-32-15-8-10-17-36(32)46-37-21-35-31(20-33(37)42)41(45)28-14-11-13-27-39(28)43(35)34-16-9-7-12-26(34)40(27)44/h7-24H,1-6H3. The highest BCUT2D eigenvalue weighted by atomic mass is 32.2. The lowest BCUT2D eigenvalue weighted by molar-refractivity contribution is 0.812. The summed E-state index contributed by atoms with van der Waals surface area (Å²) < 4.78 is 2.16. The molecule has 8 rings (SSSR count). The first-order valence-electron chi connectivity index (χ1n) is 16.4. The van der Waals surface area contributed by atoms with Crippen molar-refractivity contribution in [2.45, 2.75) is 69.1 Å². The molecule has 1 aliphatic heterocycles. The topological polar surface area (TPSA) is 38.5 Å². The minimum absolute atomic E-state index is 0.00971. The Labute approximate surface area is 273 Å². The van der Waals surface area contributed by atoms with Crippen LogP contribution in [0.4, 0.5) is 0 Å². The van der Waals surface area contributed by atoms with Gasteiger partial charge >= 0.3 is 0 Å². The van der Waals surface area contributed by atoms with Gasteiger partial charge in [-0.2, -0.15) is 0 Å². The molecule has 0 radical (unpaired) electrons. The fraction of sp³-hybridized carbons (Fsp3) is 0.220. The van der Waals surface area contributed by atoms with E-state index in [9.17, 15) is 9.59 Å². The van der Waals surface area contributed by atoms with Gasteiger partial charge in [0.05, 0.1) is 16.6 Å². The van der Waals surface area contributed by atoms with E-state index in [0.717, 1.165) is 15.9 Å². The molecule has 46 heavy (non-hydrogen) atoms. The number of para-hydroxylation sites is 2. The first-order chi connectivity index (χ1) is 22.2. The largest absolute Gasteiger partial charge is 0.307 e. The highest BCUT2D eigenvalue weighted by Gasteiger charge is 2.36. The number of hydrogen-bond acceptors (Lipinski definition) is 3. The van der Waals surface area contributed by atoms with Crippen molar-refractivity contribution in [3.63, 3.8) is 0 Å². The smallest absolute Gasteiger partial charge is 0.244 e. The average Bonchev–Trinajstić information content (AvgIpc) is 3.05. The summed E-state index contributed by atoms with van der Waals surface area (Å²) in [7, 11) is 0. The van der Waals surface area contributed by atoms with Crippen molar-refractivity contribution in [1.82, 2.24) is 4.40 Å². The second-order valence-electron chi connectivity index (χ2n) is 13.8. The molecule has 0 saturated heterocycles. The molecule has 0 fully saturated rings. The monoisotopic (exact) mass is 617 g/mol. The van der Waals surface area contributed by atoms with E-state index in [2.05, 4.69) is 94.5 Å². The number of pyridine rings is 2. The van der Waals surface area contributed by atoms with E-state index in [1.54, 1.807) is 11.8 Å². The van der Waals surface area contributed by atoms with E-state index in [4.69, 9.17) is 0 Å². The third-order valence-corrected chi connectivity index (χ3v) is 11.1. The predicted molar refractivity (Wildman–Crippen MR) is 198 cm³/mol. The number of fused-ring (bicyclic) bond motifs is 6. The summed E-state index contributed by atoms with van der Waals surface area (Å²) in [6.45, 7) is 13.8. The molecular formula is C41H36BNO2S. The highest BCUT2D eigenvalue weighted by Crippen LogP contribution is 2.35. The van der Waals surface area contributed by atoms with Crippen molar-refractivity contribution in [3.05, 3.63) is 128 Å². The maximum Gasteiger partial charge on any atom is 0.244 e. The highest BCUT2D eigenvalue weighted by molar-refractivity contribution is 8.00. The van der Waals surface area contributed by atoms with Gasteiger partial charge in [0.25, 0.3) is 0 Å². The molecule has 7 aromatic rings. The molecule has 3 nitrogen and oxygen atoms in total. The third kappa shape index (κ3) is 4.14. The minimum atomic E-state index is -0.0337. The van der Waals surface area contributed by atoms with Crippen molar-refractivity contribution in [3.8, 4) is 0 Å².